The van der Waals surface area contributed by atoms with Gasteiger partial charge in [0.2, 0.25) is 0 Å². The monoisotopic (exact) mass is 634 g/mol. The van der Waals surface area contributed by atoms with Crippen molar-refractivity contribution in [1.82, 2.24) is 0 Å². The quantitative estimate of drug-likeness (QED) is 0.105. The molecule has 0 heterocycles. The van der Waals surface area contributed by atoms with E-state index < -0.39 is 32.7 Å². The Labute approximate surface area is 273 Å². The Morgan fingerprint density at radius 3 is 1.25 bits per heavy atom. The molecule has 0 saturated heterocycles. The molecule has 0 saturated carbocycles. The first-order valence-electron chi connectivity index (χ1n) is 14.3. The summed E-state index contributed by atoms with van der Waals surface area (Å²) in [6.45, 7) is 0. The lowest BCUT2D eigenvalue weighted by Crippen LogP contribution is -1.96. The van der Waals surface area contributed by atoms with Crippen LogP contribution in [0.5, 0.6) is 34.5 Å². The summed E-state index contributed by atoms with van der Waals surface area (Å²) < 4.78 is 12.5. The summed E-state index contributed by atoms with van der Waals surface area (Å²) in [6.07, 6.45) is 0. The number of nitro benzene ring substituents is 2. The Morgan fingerprint density at radius 1 is 0.500 bits per heavy atom. The maximum atomic E-state index is 11.3. The van der Waals surface area contributed by atoms with E-state index in [1.807, 2.05) is 60.7 Å². The number of ether oxygens (including phenoxy) is 2. The first-order valence-corrected chi connectivity index (χ1v) is 14.3. The average molecular weight is 635 g/mol. The van der Waals surface area contributed by atoms with Crippen molar-refractivity contribution >= 4 is 22.1 Å². The molecule has 0 bridgehead atoms. The van der Waals surface area contributed by atoms with Gasteiger partial charge >= 0.3 is 11.4 Å². The maximum absolute atomic E-state index is 11.3. The maximum Gasteiger partial charge on any atom is 0.310 e. The van der Waals surface area contributed by atoms with Crippen LogP contribution in [0.2, 0.25) is 0 Å². The molecule has 0 aliphatic carbocycles. The van der Waals surface area contributed by atoms with Crippen molar-refractivity contribution in [3.8, 4) is 58.2 Å². The molecular weight excluding hydrogens is 612 g/mol. The number of hydrogen-bond acceptors (Lipinski definition) is 8. The molecule has 232 valence electrons. The highest BCUT2D eigenvalue weighted by Crippen LogP contribution is 2.42. The van der Waals surface area contributed by atoms with Crippen LogP contribution in [0.25, 0.3) is 10.8 Å². The van der Waals surface area contributed by atoms with Crippen molar-refractivity contribution in [3.63, 3.8) is 0 Å². The van der Waals surface area contributed by atoms with Gasteiger partial charge in [0.25, 0.3) is 0 Å². The first-order chi connectivity index (χ1) is 23.3. The van der Waals surface area contributed by atoms with Crippen LogP contribution in [0.3, 0.4) is 0 Å². The van der Waals surface area contributed by atoms with Gasteiger partial charge < -0.3 is 19.7 Å². The fraction of sp³-hybridized carbons (Fsp3) is 0. The van der Waals surface area contributed by atoms with E-state index in [2.05, 4.69) is 23.7 Å². The van der Waals surface area contributed by atoms with Crippen LogP contribution in [0.4, 0.5) is 11.4 Å². The van der Waals surface area contributed by atoms with Gasteiger partial charge in [-0.25, -0.2) is 0 Å². The second kappa shape index (κ2) is 13.4. The van der Waals surface area contributed by atoms with Crippen molar-refractivity contribution in [1.29, 1.82) is 0 Å². The Balaban J connectivity index is 1.55. The minimum atomic E-state index is -0.703. The summed E-state index contributed by atoms with van der Waals surface area (Å²) in [7, 11) is 0. The molecule has 0 amide bonds. The number of fused-ring (bicyclic) bond motifs is 1. The molecule has 48 heavy (non-hydrogen) atoms. The van der Waals surface area contributed by atoms with E-state index in [1.165, 1.54) is 12.1 Å². The standard InChI is InChI=1S/C38H22N2O8/c41-35-23-29(17-21-33(35)39(43)44)47-37-27(13-11-25-7-3-1-4-8-25)15-19-32-31(37)20-16-28(14-12-26-9-5-2-6-10-26)38(32)48-30-18-22-34(40(45)46)36(42)24-30/h1-10,15-24,41-42H. The molecule has 10 nitrogen and oxygen atoms in total. The first kappa shape index (κ1) is 30.7. The third-order valence-electron chi connectivity index (χ3n) is 7.06. The zero-order chi connectivity index (χ0) is 33.6. The van der Waals surface area contributed by atoms with E-state index in [1.54, 1.807) is 24.3 Å². The molecule has 0 fully saturated rings. The van der Waals surface area contributed by atoms with E-state index in [4.69, 9.17) is 9.47 Å². The zero-order valence-electron chi connectivity index (χ0n) is 24.8. The molecule has 0 aliphatic rings. The lowest BCUT2D eigenvalue weighted by atomic mass is 10.0. The highest BCUT2D eigenvalue weighted by atomic mass is 16.6. The summed E-state index contributed by atoms with van der Waals surface area (Å²) in [6, 6.07) is 32.8. The van der Waals surface area contributed by atoms with E-state index in [0.29, 0.717) is 21.9 Å². The minimum absolute atomic E-state index is 0.115. The predicted molar refractivity (Wildman–Crippen MR) is 178 cm³/mol. The summed E-state index contributed by atoms with van der Waals surface area (Å²) in [5, 5.41) is 44.2. The summed E-state index contributed by atoms with van der Waals surface area (Å²) in [5.74, 6) is 12.1. The van der Waals surface area contributed by atoms with E-state index in [0.717, 1.165) is 35.4 Å². The number of aromatic hydroxyl groups is 2. The fourth-order valence-corrected chi connectivity index (χ4v) is 4.77. The highest BCUT2D eigenvalue weighted by Gasteiger charge is 2.20. The molecule has 0 unspecified atom stereocenters. The summed E-state index contributed by atoms with van der Waals surface area (Å²) in [4.78, 5) is 21.2. The van der Waals surface area contributed by atoms with Crippen molar-refractivity contribution < 1.29 is 29.5 Å². The Morgan fingerprint density at radius 2 is 0.896 bits per heavy atom. The van der Waals surface area contributed by atoms with Crippen molar-refractivity contribution in [2.24, 2.45) is 0 Å². The van der Waals surface area contributed by atoms with Crippen LogP contribution in [0.15, 0.2) is 121 Å². The van der Waals surface area contributed by atoms with Crippen molar-refractivity contribution in [3.05, 3.63) is 164 Å². The van der Waals surface area contributed by atoms with Gasteiger partial charge in [-0.3, -0.25) is 20.2 Å². The molecule has 6 rings (SSSR count). The third kappa shape index (κ3) is 6.69. The van der Waals surface area contributed by atoms with Gasteiger partial charge in [-0.05, 0) is 60.7 Å². The number of hydrogen-bond donors (Lipinski definition) is 2. The lowest BCUT2D eigenvalue weighted by molar-refractivity contribution is -0.386. The van der Waals surface area contributed by atoms with Crippen LogP contribution in [-0.2, 0) is 0 Å². The largest absolute Gasteiger partial charge is 0.502 e. The second-order valence-corrected chi connectivity index (χ2v) is 10.2. The third-order valence-corrected chi connectivity index (χ3v) is 7.06. The Kier molecular flexibility index (Phi) is 8.55. The number of benzene rings is 6. The van der Waals surface area contributed by atoms with Gasteiger partial charge in [0, 0.05) is 46.2 Å². The Hall–Kier alpha value is -7.30. The van der Waals surface area contributed by atoms with Crippen LogP contribution < -0.4 is 9.47 Å². The fourth-order valence-electron chi connectivity index (χ4n) is 4.77. The summed E-state index contributed by atoms with van der Waals surface area (Å²) in [5.41, 5.74) is 1.48. The van der Waals surface area contributed by atoms with E-state index in [9.17, 15) is 30.4 Å². The van der Waals surface area contributed by atoms with Gasteiger partial charge in [0.15, 0.2) is 23.0 Å². The second-order valence-electron chi connectivity index (χ2n) is 10.2. The number of nitro groups is 2. The smallest absolute Gasteiger partial charge is 0.310 e. The van der Waals surface area contributed by atoms with E-state index in [-0.39, 0.29) is 23.0 Å². The molecule has 6 aromatic carbocycles. The molecule has 0 atom stereocenters. The average Bonchev–Trinajstić information content (AvgIpc) is 3.08. The van der Waals surface area contributed by atoms with Gasteiger partial charge in [0.05, 0.1) is 21.0 Å². The van der Waals surface area contributed by atoms with Gasteiger partial charge in [0.1, 0.15) is 11.5 Å². The van der Waals surface area contributed by atoms with Crippen molar-refractivity contribution in [2.75, 3.05) is 0 Å². The molecule has 10 heteroatoms. The molecule has 0 radical (unpaired) electrons. The highest BCUT2D eigenvalue weighted by molar-refractivity contribution is 5.97. The van der Waals surface area contributed by atoms with Crippen LogP contribution in [0, 0.1) is 43.9 Å². The van der Waals surface area contributed by atoms with Crippen LogP contribution >= 0.6 is 0 Å². The number of nitrogens with zero attached hydrogens (tertiary/aromatic N) is 2. The molecule has 0 aliphatic heterocycles. The number of phenolic OH excluding ortho intramolecular Hbond substituents is 2. The number of phenols is 2. The SMILES string of the molecule is O=[N+]([O-])c1ccc(Oc2c(C#Cc3ccccc3)ccc3c(Oc4ccc([N+](=O)[O-])c(O)c4)c(C#Cc4ccccc4)ccc23)cc1O. The zero-order valence-corrected chi connectivity index (χ0v) is 24.8. The van der Waals surface area contributed by atoms with Gasteiger partial charge in [-0.1, -0.05) is 60.1 Å². The topological polar surface area (TPSA) is 145 Å². The molecular formula is C38H22N2O8. The lowest BCUT2D eigenvalue weighted by Gasteiger charge is -2.16. The van der Waals surface area contributed by atoms with Crippen LogP contribution in [-0.4, -0.2) is 20.1 Å². The molecule has 0 aromatic heterocycles. The van der Waals surface area contributed by atoms with E-state index >= 15 is 0 Å². The summed E-state index contributed by atoms with van der Waals surface area (Å²) >= 11 is 0. The van der Waals surface area contributed by atoms with Crippen LogP contribution in [0.1, 0.15) is 22.3 Å². The van der Waals surface area contributed by atoms with Crippen molar-refractivity contribution in [2.45, 2.75) is 0 Å². The molecule has 0 spiro atoms. The Bertz CT molecular complexity index is 2170. The minimum Gasteiger partial charge on any atom is -0.502 e. The van der Waals surface area contributed by atoms with Gasteiger partial charge in [-0.15, -0.1) is 0 Å². The predicted octanol–water partition coefficient (Wildman–Crippen LogP) is 8.45. The molecule has 2 N–H and O–H groups in total. The van der Waals surface area contributed by atoms with Gasteiger partial charge in [-0.2, -0.15) is 0 Å². The number of rotatable bonds is 6. The normalized spacial score (nSPS) is 10.2. The molecule has 6 aromatic rings.